The van der Waals surface area contributed by atoms with Crippen molar-refractivity contribution >= 4 is 56.2 Å². The highest BCUT2D eigenvalue weighted by molar-refractivity contribution is 7.21. The van der Waals surface area contributed by atoms with Crippen molar-refractivity contribution in [2.75, 3.05) is 29.6 Å². The van der Waals surface area contributed by atoms with E-state index < -0.39 is 5.90 Å². The molecule has 5 rings (SSSR count). The van der Waals surface area contributed by atoms with Crippen molar-refractivity contribution in [3.05, 3.63) is 34.2 Å². The molecule has 0 aliphatic carbocycles. The van der Waals surface area contributed by atoms with Crippen molar-refractivity contribution in [1.29, 1.82) is 5.26 Å². The lowest BCUT2D eigenvalue weighted by molar-refractivity contribution is -0.759. The van der Waals surface area contributed by atoms with Gasteiger partial charge in [0.25, 0.3) is 6.20 Å². The number of aliphatic imine (C=N–C) groups is 1. The first kappa shape index (κ1) is 20.2. The highest BCUT2D eigenvalue weighted by Crippen LogP contribution is 2.43. The summed E-state index contributed by atoms with van der Waals surface area (Å²) in [4.78, 5) is 11.4. The van der Waals surface area contributed by atoms with E-state index >= 15 is 0 Å². The molecule has 0 aromatic carbocycles. The Morgan fingerprint density at radius 1 is 1.31 bits per heavy atom. The van der Waals surface area contributed by atoms with Gasteiger partial charge >= 0.3 is 5.88 Å². The number of pyridine rings is 1. The number of anilines is 2. The van der Waals surface area contributed by atoms with Gasteiger partial charge in [0.15, 0.2) is 0 Å². The SMILES string of the molecule is N#Cc1c(N)nc2sc(/C([O-])=N/c3c[n+](N4CCCCC4)no3)c(N)c2c1-c1cccs1. The van der Waals surface area contributed by atoms with Crippen molar-refractivity contribution in [3.8, 4) is 16.5 Å². The van der Waals surface area contributed by atoms with Crippen LogP contribution >= 0.6 is 22.7 Å². The molecule has 32 heavy (non-hydrogen) atoms. The van der Waals surface area contributed by atoms with Gasteiger partial charge < -0.3 is 16.6 Å². The van der Waals surface area contributed by atoms with Crippen LogP contribution in [0.15, 0.2) is 33.2 Å². The number of nitrogen functional groups attached to an aromatic ring is 2. The summed E-state index contributed by atoms with van der Waals surface area (Å²) >= 11 is 2.54. The summed E-state index contributed by atoms with van der Waals surface area (Å²) in [6.45, 7) is 1.74. The molecular formula is C20H18N8O2S2. The normalized spacial score (nSPS) is 14.7. The summed E-state index contributed by atoms with van der Waals surface area (Å²) in [5.74, 6) is -0.388. The first-order valence-electron chi connectivity index (χ1n) is 9.92. The van der Waals surface area contributed by atoms with Gasteiger partial charge in [0, 0.05) is 21.7 Å². The minimum absolute atomic E-state index is 0.0843. The molecule has 1 fully saturated rings. The quantitative estimate of drug-likeness (QED) is 0.262. The third-order valence-corrected chi connectivity index (χ3v) is 7.23. The number of nitrogens with zero attached hydrogens (tertiary/aromatic N) is 6. The maximum absolute atomic E-state index is 13.0. The fourth-order valence-electron chi connectivity index (χ4n) is 3.75. The second-order valence-corrected chi connectivity index (χ2v) is 9.20. The van der Waals surface area contributed by atoms with Crippen LogP contribution in [-0.2, 0) is 0 Å². The minimum atomic E-state index is -0.568. The van der Waals surface area contributed by atoms with Crippen LogP contribution in [0.25, 0.3) is 20.7 Å². The molecule has 1 saturated heterocycles. The Morgan fingerprint density at radius 2 is 2.12 bits per heavy atom. The van der Waals surface area contributed by atoms with E-state index in [2.05, 4.69) is 21.3 Å². The van der Waals surface area contributed by atoms with E-state index in [1.165, 1.54) is 17.8 Å². The Labute approximate surface area is 190 Å². The third-order valence-electron chi connectivity index (χ3n) is 5.26. The van der Waals surface area contributed by atoms with Crippen molar-refractivity contribution in [3.63, 3.8) is 0 Å². The smallest absolute Gasteiger partial charge is 0.324 e. The fraction of sp³-hybridized carbons (Fsp3) is 0.250. The van der Waals surface area contributed by atoms with E-state index in [1.54, 1.807) is 11.0 Å². The molecule has 0 bridgehead atoms. The number of aromatic nitrogens is 3. The highest BCUT2D eigenvalue weighted by Gasteiger charge is 2.24. The van der Waals surface area contributed by atoms with Gasteiger partial charge in [-0.3, -0.25) is 4.52 Å². The molecule has 0 spiro atoms. The van der Waals surface area contributed by atoms with Gasteiger partial charge in [-0.15, -0.1) is 22.7 Å². The molecule has 0 unspecified atom stereocenters. The van der Waals surface area contributed by atoms with Crippen LogP contribution in [0.1, 0.15) is 29.7 Å². The zero-order valence-corrected chi connectivity index (χ0v) is 18.4. The Bertz CT molecular complexity index is 1360. The Balaban J connectivity index is 1.58. The number of piperidine rings is 1. The number of fused-ring (bicyclic) bond motifs is 1. The average Bonchev–Trinajstić information content (AvgIpc) is 3.54. The molecule has 0 amide bonds. The average molecular weight is 467 g/mol. The minimum Gasteiger partial charge on any atom is -0.857 e. The van der Waals surface area contributed by atoms with Crippen molar-refractivity contribution in [2.45, 2.75) is 19.3 Å². The second-order valence-electron chi connectivity index (χ2n) is 7.25. The van der Waals surface area contributed by atoms with Gasteiger partial charge in [0.05, 0.1) is 28.4 Å². The largest absolute Gasteiger partial charge is 0.857 e. The molecule has 0 atom stereocenters. The number of thiophene rings is 2. The summed E-state index contributed by atoms with van der Waals surface area (Å²) in [5.41, 5.74) is 13.5. The number of rotatable bonds is 4. The summed E-state index contributed by atoms with van der Waals surface area (Å²) in [7, 11) is 0. The van der Waals surface area contributed by atoms with Crippen LogP contribution in [0.3, 0.4) is 0 Å². The fourth-order valence-corrected chi connectivity index (χ4v) is 5.53. The van der Waals surface area contributed by atoms with Crippen molar-refractivity contribution in [2.24, 2.45) is 4.99 Å². The van der Waals surface area contributed by atoms with Crippen molar-refractivity contribution in [1.82, 2.24) is 10.3 Å². The van der Waals surface area contributed by atoms with Gasteiger partial charge in [-0.2, -0.15) is 10.3 Å². The van der Waals surface area contributed by atoms with Gasteiger partial charge in [-0.05, 0) is 30.7 Å². The molecule has 162 valence electrons. The van der Waals surface area contributed by atoms with E-state index in [-0.39, 0.29) is 27.8 Å². The number of nitrogens with two attached hydrogens (primary N) is 2. The first-order chi connectivity index (χ1) is 15.6. The zero-order valence-electron chi connectivity index (χ0n) is 16.8. The van der Waals surface area contributed by atoms with Gasteiger partial charge in [-0.25, -0.2) is 9.98 Å². The predicted molar refractivity (Wildman–Crippen MR) is 121 cm³/mol. The van der Waals surface area contributed by atoms with Crippen LogP contribution in [0.5, 0.6) is 0 Å². The van der Waals surface area contributed by atoms with Gasteiger partial charge in [0.2, 0.25) is 5.27 Å². The lowest BCUT2D eigenvalue weighted by atomic mass is 10.0. The van der Waals surface area contributed by atoms with E-state index in [0.29, 0.717) is 15.8 Å². The van der Waals surface area contributed by atoms with E-state index in [0.717, 1.165) is 42.1 Å². The van der Waals surface area contributed by atoms with E-state index in [1.807, 2.05) is 22.5 Å². The Morgan fingerprint density at radius 3 is 2.84 bits per heavy atom. The first-order valence-corrected chi connectivity index (χ1v) is 11.6. The molecule has 1 aliphatic heterocycles. The monoisotopic (exact) mass is 466 g/mol. The number of nitriles is 1. The molecular weight excluding hydrogens is 448 g/mol. The standard InChI is InChI=1S/C20H18N8O2S2/c21-9-11-14(12-5-4-8-31-12)15-16(22)17(32-20(15)25-18(11)23)19(29)24-13-10-28(26-30-13)27-6-2-1-3-7-27/h4-5,8,10H,1-3,6-7H2,(H4-,22,23,24,25,26,29). The summed E-state index contributed by atoms with van der Waals surface area (Å²) in [5, 5.41) is 31.0. The summed E-state index contributed by atoms with van der Waals surface area (Å²) in [6.07, 6.45) is 4.93. The molecule has 5 heterocycles. The lowest BCUT2D eigenvalue weighted by Gasteiger charge is -2.17. The zero-order chi connectivity index (χ0) is 22.2. The third kappa shape index (κ3) is 3.41. The number of hydrogen-bond acceptors (Lipinski definition) is 11. The number of hydrogen-bond donors (Lipinski definition) is 2. The van der Waals surface area contributed by atoms with Crippen LogP contribution < -0.4 is 26.4 Å². The summed E-state index contributed by atoms with van der Waals surface area (Å²) in [6, 6.07) is 5.85. The Kier molecular flexibility index (Phi) is 5.12. The van der Waals surface area contributed by atoms with Crippen molar-refractivity contribution < 1.29 is 14.4 Å². The molecule has 0 radical (unpaired) electrons. The van der Waals surface area contributed by atoms with Crippen LogP contribution in [0.2, 0.25) is 0 Å². The lowest BCUT2D eigenvalue weighted by Crippen LogP contribution is -2.60. The summed E-state index contributed by atoms with van der Waals surface area (Å²) < 4.78 is 5.23. The highest BCUT2D eigenvalue weighted by atomic mass is 32.1. The van der Waals surface area contributed by atoms with Crippen LogP contribution in [0, 0.1) is 11.3 Å². The molecule has 10 nitrogen and oxygen atoms in total. The topological polar surface area (TPSA) is 157 Å². The second kappa shape index (κ2) is 8.10. The predicted octanol–water partition coefficient (Wildman–Crippen LogP) is 1.90. The maximum atomic E-state index is 13.0. The van der Waals surface area contributed by atoms with E-state index in [9.17, 15) is 10.4 Å². The molecule has 4 aromatic heterocycles. The Hall–Kier alpha value is -3.69. The van der Waals surface area contributed by atoms with Gasteiger partial charge in [-0.1, -0.05) is 6.07 Å². The molecule has 12 heteroatoms. The van der Waals surface area contributed by atoms with E-state index in [4.69, 9.17) is 16.0 Å². The molecule has 0 saturated carbocycles. The molecule has 1 aliphatic rings. The molecule has 4 N–H and O–H groups in total. The molecule has 4 aromatic rings. The van der Waals surface area contributed by atoms with Gasteiger partial charge in [0.1, 0.15) is 22.3 Å². The maximum Gasteiger partial charge on any atom is 0.324 e. The van der Waals surface area contributed by atoms with Crippen LogP contribution in [0.4, 0.5) is 17.4 Å². The van der Waals surface area contributed by atoms with Crippen LogP contribution in [-0.4, -0.2) is 29.2 Å².